The summed E-state index contributed by atoms with van der Waals surface area (Å²) in [5, 5.41) is 0. The van der Waals surface area contributed by atoms with Crippen LogP contribution < -0.4 is 0 Å². The Morgan fingerprint density at radius 2 is 1.58 bits per heavy atom. The molecule has 0 spiro atoms. The van der Waals surface area contributed by atoms with E-state index in [1.807, 2.05) is 11.8 Å². The molecule has 152 valence electrons. The van der Waals surface area contributed by atoms with Crippen LogP contribution in [0.25, 0.3) is 0 Å². The van der Waals surface area contributed by atoms with Gasteiger partial charge in [0.25, 0.3) is 0 Å². The Balaban J connectivity index is 1.79. The van der Waals surface area contributed by atoms with Gasteiger partial charge in [0, 0.05) is 0 Å². The largest absolute Gasteiger partial charge is 0.165 e. The lowest BCUT2D eigenvalue weighted by molar-refractivity contribution is -0.0509. The van der Waals surface area contributed by atoms with Crippen LogP contribution >= 0.6 is 11.8 Å². The summed E-state index contributed by atoms with van der Waals surface area (Å²) in [5.41, 5.74) is 1.23. The molecule has 3 fully saturated rings. The minimum absolute atomic E-state index is 0.575. The van der Waals surface area contributed by atoms with Gasteiger partial charge in [-0.2, -0.15) is 11.8 Å². The number of thioether (sulfide) groups is 1. The summed E-state index contributed by atoms with van der Waals surface area (Å²) in [5.74, 6) is 6.35. The fraction of sp³-hybridized carbons (Fsp3) is 1.00. The van der Waals surface area contributed by atoms with Gasteiger partial charge in [0.15, 0.2) is 0 Å². The summed E-state index contributed by atoms with van der Waals surface area (Å²) < 4.78 is 0. The smallest absolute Gasteiger partial charge is 0.00677 e. The van der Waals surface area contributed by atoms with Crippen molar-refractivity contribution in [1.29, 1.82) is 0 Å². The van der Waals surface area contributed by atoms with E-state index in [4.69, 9.17) is 0 Å². The topological polar surface area (TPSA) is 0 Å². The van der Waals surface area contributed by atoms with Gasteiger partial charge in [-0.05, 0) is 97.4 Å². The van der Waals surface area contributed by atoms with Crippen molar-refractivity contribution in [3.05, 3.63) is 0 Å². The zero-order valence-electron chi connectivity index (χ0n) is 18.5. The van der Waals surface area contributed by atoms with E-state index in [1.54, 1.807) is 12.8 Å². The van der Waals surface area contributed by atoms with Crippen LogP contribution in [0.4, 0.5) is 0 Å². The Morgan fingerprint density at radius 3 is 2.35 bits per heavy atom. The third-order valence-corrected chi connectivity index (χ3v) is 9.98. The van der Waals surface area contributed by atoms with Crippen LogP contribution in [0.3, 0.4) is 0 Å². The van der Waals surface area contributed by atoms with Gasteiger partial charge in [-0.25, -0.2) is 0 Å². The predicted molar refractivity (Wildman–Crippen MR) is 119 cm³/mol. The summed E-state index contributed by atoms with van der Waals surface area (Å²) in [6.07, 6.45) is 20.3. The molecular weight excluding hydrogens is 332 g/mol. The van der Waals surface area contributed by atoms with Crippen LogP contribution in [-0.4, -0.2) is 12.0 Å². The first-order valence-electron chi connectivity index (χ1n) is 11.9. The van der Waals surface area contributed by atoms with E-state index in [2.05, 4.69) is 34.0 Å². The van der Waals surface area contributed by atoms with Crippen molar-refractivity contribution in [2.75, 3.05) is 12.0 Å². The first kappa shape index (κ1) is 21.1. The summed E-state index contributed by atoms with van der Waals surface area (Å²) in [4.78, 5) is 0. The maximum absolute atomic E-state index is 2.73. The number of rotatable bonds is 4. The van der Waals surface area contributed by atoms with Gasteiger partial charge < -0.3 is 0 Å². The van der Waals surface area contributed by atoms with Gasteiger partial charge in [0.2, 0.25) is 0 Å². The first-order chi connectivity index (χ1) is 12.4. The van der Waals surface area contributed by atoms with Gasteiger partial charge in [0.05, 0.1) is 0 Å². The molecule has 3 aliphatic rings. The summed E-state index contributed by atoms with van der Waals surface area (Å²) >= 11 is 2.04. The molecule has 0 N–H and O–H groups in total. The molecule has 1 heteroatoms. The van der Waals surface area contributed by atoms with Crippen molar-refractivity contribution >= 4 is 11.8 Å². The van der Waals surface area contributed by atoms with E-state index >= 15 is 0 Å². The molecule has 6 atom stereocenters. The van der Waals surface area contributed by atoms with Crippen LogP contribution in [0.1, 0.15) is 105 Å². The maximum atomic E-state index is 2.73. The third kappa shape index (κ3) is 4.18. The SMILES string of the molecule is CSCCC(C)C1CCC2C3CCCCCCCC(C)(C)C3CCC12C. The molecule has 3 rings (SSSR count). The average molecular weight is 379 g/mol. The Kier molecular flexibility index (Phi) is 7.12. The lowest BCUT2D eigenvalue weighted by Crippen LogP contribution is -2.47. The molecule has 26 heavy (non-hydrogen) atoms. The van der Waals surface area contributed by atoms with Crippen molar-refractivity contribution in [1.82, 2.24) is 0 Å². The van der Waals surface area contributed by atoms with Crippen molar-refractivity contribution in [3.63, 3.8) is 0 Å². The van der Waals surface area contributed by atoms with E-state index in [0.29, 0.717) is 10.8 Å². The van der Waals surface area contributed by atoms with E-state index in [9.17, 15) is 0 Å². The highest BCUT2D eigenvalue weighted by Crippen LogP contribution is 2.64. The van der Waals surface area contributed by atoms with Crippen LogP contribution in [0.2, 0.25) is 0 Å². The zero-order chi connectivity index (χ0) is 18.8. The molecular formula is C25H46S. The van der Waals surface area contributed by atoms with Crippen LogP contribution in [-0.2, 0) is 0 Å². The lowest BCUT2D eigenvalue weighted by Gasteiger charge is -2.54. The zero-order valence-corrected chi connectivity index (χ0v) is 19.3. The number of hydrogen-bond donors (Lipinski definition) is 0. The highest BCUT2D eigenvalue weighted by atomic mass is 32.2. The van der Waals surface area contributed by atoms with Crippen molar-refractivity contribution < 1.29 is 0 Å². The lowest BCUT2D eigenvalue weighted by atomic mass is 9.51. The molecule has 0 radical (unpaired) electrons. The molecule has 0 aromatic carbocycles. The summed E-state index contributed by atoms with van der Waals surface area (Å²) in [7, 11) is 0. The van der Waals surface area contributed by atoms with Crippen molar-refractivity contribution in [2.24, 2.45) is 40.4 Å². The maximum Gasteiger partial charge on any atom is -0.00677 e. The highest BCUT2D eigenvalue weighted by molar-refractivity contribution is 7.98. The summed E-state index contributed by atoms with van der Waals surface area (Å²) in [6.45, 7) is 10.6. The number of hydrogen-bond acceptors (Lipinski definition) is 1. The molecule has 0 bridgehead atoms. The normalized spacial score (nSPS) is 41.9. The van der Waals surface area contributed by atoms with Crippen LogP contribution in [0, 0.1) is 40.4 Å². The first-order valence-corrected chi connectivity index (χ1v) is 13.3. The molecule has 3 saturated carbocycles. The second-order valence-corrected chi connectivity index (χ2v) is 12.1. The van der Waals surface area contributed by atoms with Gasteiger partial charge in [-0.3, -0.25) is 0 Å². The molecule has 0 aromatic rings. The van der Waals surface area contributed by atoms with Crippen molar-refractivity contribution in [2.45, 2.75) is 105 Å². The summed E-state index contributed by atoms with van der Waals surface area (Å²) in [6, 6.07) is 0. The van der Waals surface area contributed by atoms with E-state index in [0.717, 1.165) is 29.6 Å². The number of fused-ring (bicyclic) bond motifs is 3. The Bertz CT molecular complexity index is 441. The fourth-order valence-electron chi connectivity index (χ4n) is 7.82. The molecule has 0 heterocycles. The third-order valence-electron chi connectivity index (χ3n) is 9.34. The predicted octanol–water partition coefficient (Wildman–Crippen LogP) is 8.20. The Morgan fingerprint density at radius 1 is 0.846 bits per heavy atom. The standard InChI is InChI=1S/C25H46S/c1-19(15-18-26-5)21-12-13-23-20-11-9-7-6-8-10-16-24(2,3)22(20)14-17-25(21,23)4/h19-23H,6-18H2,1-5H3. The van der Waals surface area contributed by atoms with Crippen molar-refractivity contribution in [3.8, 4) is 0 Å². The highest BCUT2D eigenvalue weighted by Gasteiger charge is 2.56. The van der Waals surface area contributed by atoms with Gasteiger partial charge in [0.1, 0.15) is 0 Å². The molecule has 0 nitrogen and oxygen atoms in total. The molecule has 6 unspecified atom stereocenters. The molecule has 0 saturated heterocycles. The second kappa shape index (κ2) is 8.79. The molecule has 0 aliphatic heterocycles. The second-order valence-electron chi connectivity index (χ2n) is 11.2. The Labute approximate surface area is 169 Å². The van der Waals surface area contributed by atoms with Gasteiger partial charge >= 0.3 is 0 Å². The van der Waals surface area contributed by atoms with Gasteiger partial charge in [-0.1, -0.05) is 59.8 Å². The van der Waals surface area contributed by atoms with Gasteiger partial charge in [-0.15, -0.1) is 0 Å². The minimum atomic E-state index is 0.575. The monoisotopic (exact) mass is 378 g/mol. The van der Waals surface area contributed by atoms with E-state index < -0.39 is 0 Å². The van der Waals surface area contributed by atoms with Crippen LogP contribution in [0.5, 0.6) is 0 Å². The molecule has 3 aliphatic carbocycles. The van der Waals surface area contributed by atoms with E-state index in [1.165, 1.54) is 70.0 Å². The van der Waals surface area contributed by atoms with E-state index in [-0.39, 0.29) is 0 Å². The average Bonchev–Trinajstić information content (AvgIpc) is 2.95. The van der Waals surface area contributed by atoms with Crippen LogP contribution in [0.15, 0.2) is 0 Å². The molecule has 0 amide bonds. The Hall–Kier alpha value is 0.350. The fourth-order valence-corrected chi connectivity index (χ4v) is 8.42. The minimum Gasteiger partial charge on any atom is -0.165 e. The molecule has 0 aromatic heterocycles. The quantitative estimate of drug-likeness (QED) is 0.475.